The van der Waals surface area contributed by atoms with E-state index >= 15 is 0 Å². The van der Waals surface area contributed by atoms with Gasteiger partial charge in [0.25, 0.3) is 5.91 Å². The molecular formula is C24H29FN4O2. The van der Waals surface area contributed by atoms with Crippen LogP contribution < -0.4 is 10.2 Å². The molecule has 2 aromatic carbocycles. The SMILES string of the molecule is CNC(=O)N1CCC[C@H](c2cccc(C(=O)N3CCN(c4ccc(F)cc4)CC3)c2)C1. The van der Waals surface area contributed by atoms with Crippen molar-refractivity contribution in [1.82, 2.24) is 15.1 Å². The van der Waals surface area contributed by atoms with E-state index in [1.54, 1.807) is 19.2 Å². The van der Waals surface area contributed by atoms with Crippen LogP contribution in [-0.4, -0.2) is 68.1 Å². The molecule has 0 radical (unpaired) electrons. The molecule has 31 heavy (non-hydrogen) atoms. The van der Waals surface area contributed by atoms with Crippen LogP contribution in [0.15, 0.2) is 48.5 Å². The van der Waals surface area contributed by atoms with Crippen LogP contribution in [0.4, 0.5) is 14.9 Å². The average molecular weight is 425 g/mol. The number of rotatable bonds is 3. The Balaban J connectivity index is 1.39. The van der Waals surface area contributed by atoms with Crippen molar-refractivity contribution in [3.63, 3.8) is 0 Å². The smallest absolute Gasteiger partial charge is 0.317 e. The predicted molar refractivity (Wildman–Crippen MR) is 119 cm³/mol. The molecule has 7 heteroatoms. The third kappa shape index (κ3) is 4.81. The van der Waals surface area contributed by atoms with Gasteiger partial charge in [0.1, 0.15) is 5.82 Å². The number of piperidine rings is 1. The number of carbonyl (C=O) groups is 2. The van der Waals surface area contributed by atoms with Crippen molar-refractivity contribution in [2.24, 2.45) is 0 Å². The van der Waals surface area contributed by atoms with Gasteiger partial charge in [-0.25, -0.2) is 9.18 Å². The third-order valence-electron chi connectivity index (χ3n) is 6.29. The molecule has 0 unspecified atom stereocenters. The van der Waals surface area contributed by atoms with E-state index in [4.69, 9.17) is 0 Å². The maximum Gasteiger partial charge on any atom is 0.317 e. The van der Waals surface area contributed by atoms with E-state index < -0.39 is 0 Å². The molecule has 1 N–H and O–H groups in total. The van der Waals surface area contributed by atoms with E-state index in [0.717, 1.165) is 43.7 Å². The van der Waals surface area contributed by atoms with Gasteiger partial charge in [-0.3, -0.25) is 4.79 Å². The Morgan fingerprint density at radius 2 is 1.71 bits per heavy atom. The number of nitrogens with zero attached hydrogens (tertiary/aromatic N) is 3. The molecule has 2 aromatic rings. The van der Waals surface area contributed by atoms with Gasteiger partial charge in [0.05, 0.1) is 0 Å². The molecule has 6 nitrogen and oxygen atoms in total. The van der Waals surface area contributed by atoms with Gasteiger partial charge in [-0.05, 0) is 54.8 Å². The molecule has 2 fully saturated rings. The van der Waals surface area contributed by atoms with E-state index in [0.29, 0.717) is 25.2 Å². The molecule has 0 bridgehead atoms. The van der Waals surface area contributed by atoms with Gasteiger partial charge in [-0.2, -0.15) is 0 Å². The Bertz CT molecular complexity index is 925. The molecule has 164 valence electrons. The summed E-state index contributed by atoms with van der Waals surface area (Å²) < 4.78 is 13.2. The largest absolute Gasteiger partial charge is 0.368 e. The first-order chi connectivity index (χ1) is 15.0. The molecule has 1 atom stereocenters. The second-order valence-corrected chi connectivity index (χ2v) is 8.22. The minimum absolute atomic E-state index is 0.0413. The Labute approximate surface area is 182 Å². The van der Waals surface area contributed by atoms with Crippen LogP contribution in [-0.2, 0) is 0 Å². The lowest BCUT2D eigenvalue weighted by molar-refractivity contribution is 0.0746. The number of carbonyl (C=O) groups excluding carboxylic acids is 2. The minimum atomic E-state index is -0.242. The van der Waals surface area contributed by atoms with E-state index in [1.165, 1.54) is 12.1 Å². The van der Waals surface area contributed by atoms with Gasteiger partial charge < -0.3 is 20.0 Å². The van der Waals surface area contributed by atoms with Gasteiger partial charge in [0.15, 0.2) is 0 Å². The first-order valence-electron chi connectivity index (χ1n) is 10.9. The summed E-state index contributed by atoms with van der Waals surface area (Å²) in [6, 6.07) is 14.3. The number of benzene rings is 2. The van der Waals surface area contributed by atoms with Gasteiger partial charge >= 0.3 is 6.03 Å². The summed E-state index contributed by atoms with van der Waals surface area (Å²) in [7, 11) is 1.65. The molecule has 2 saturated heterocycles. The summed E-state index contributed by atoms with van der Waals surface area (Å²) in [5, 5.41) is 2.70. The Morgan fingerprint density at radius 1 is 0.968 bits per heavy atom. The molecule has 0 saturated carbocycles. The molecule has 3 amide bonds. The van der Waals surface area contributed by atoms with Crippen LogP contribution in [0.25, 0.3) is 0 Å². The fourth-order valence-corrected chi connectivity index (χ4v) is 4.52. The zero-order valence-electron chi connectivity index (χ0n) is 17.9. The third-order valence-corrected chi connectivity index (χ3v) is 6.29. The van der Waals surface area contributed by atoms with Crippen molar-refractivity contribution in [1.29, 1.82) is 0 Å². The van der Waals surface area contributed by atoms with Gasteiger partial charge in [0, 0.05) is 63.5 Å². The van der Waals surface area contributed by atoms with Crippen molar-refractivity contribution in [3.05, 3.63) is 65.5 Å². The molecule has 2 heterocycles. The molecule has 0 spiro atoms. The molecule has 4 rings (SSSR count). The summed E-state index contributed by atoms with van der Waals surface area (Å²) >= 11 is 0. The highest BCUT2D eigenvalue weighted by Crippen LogP contribution is 2.28. The summed E-state index contributed by atoms with van der Waals surface area (Å²) in [6.45, 7) is 4.16. The number of likely N-dealkylation sites (tertiary alicyclic amines) is 1. The summed E-state index contributed by atoms with van der Waals surface area (Å²) in [4.78, 5) is 31.0. The number of halogens is 1. The van der Waals surface area contributed by atoms with Crippen LogP contribution in [0.3, 0.4) is 0 Å². The predicted octanol–water partition coefficient (Wildman–Crippen LogP) is 3.31. The first-order valence-corrected chi connectivity index (χ1v) is 10.9. The maximum atomic E-state index is 13.2. The van der Waals surface area contributed by atoms with Gasteiger partial charge in [0.2, 0.25) is 0 Å². The Morgan fingerprint density at radius 3 is 2.42 bits per heavy atom. The standard InChI is InChI=1S/C24H29FN4O2/c1-26-24(31)29-11-3-6-20(17-29)18-4-2-5-19(16-18)23(30)28-14-12-27(13-15-28)22-9-7-21(25)8-10-22/h2,4-5,7-10,16,20H,3,6,11-15,17H2,1H3,(H,26,31)/t20-/m0/s1. The quantitative estimate of drug-likeness (QED) is 0.823. The van der Waals surface area contributed by atoms with Gasteiger partial charge in [-0.15, -0.1) is 0 Å². The van der Waals surface area contributed by atoms with Crippen molar-refractivity contribution in [2.45, 2.75) is 18.8 Å². The van der Waals surface area contributed by atoms with Gasteiger partial charge in [-0.1, -0.05) is 12.1 Å². The molecule has 0 aliphatic carbocycles. The van der Waals surface area contributed by atoms with Crippen LogP contribution in [0.5, 0.6) is 0 Å². The number of hydrogen-bond acceptors (Lipinski definition) is 3. The van der Waals surface area contributed by atoms with Crippen molar-refractivity contribution in [2.75, 3.05) is 51.2 Å². The number of nitrogens with one attached hydrogen (secondary N) is 1. The Kier molecular flexibility index (Phi) is 6.39. The van der Waals surface area contributed by atoms with Crippen LogP contribution in [0.2, 0.25) is 0 Å². The normalized spacial score (nSPS) is 19.3. The number of anilines is 1. The molecule has 2 aliphatic heterocycles. The van der Waals surface area contributed by atoms with E-state index in [9.17, 15) is 14.0 Å². The van der Waals surface area contributed by atoms with E-state index in [-0.39, 0.29) is 23.7 Å². The van der Waals surface area contributed by atoms with Crippen molar-refractivity contribution >= 4 is 17.6 Å². The average Bonchev–Trinajstić information content (AvgIpc) is 2.84. The highest BCUT2D eigenvalue weighted by Gasteiger charge is 2.26. The first kappa shape index (κ1) is 21.2. The second kappa shape index (κ2) is 9.37. The number of urea groups is 1. The summed E-state index contributed by atoms with van der Waals surface area (Å²) in [6.07, 6.45) is 1.98. The lowest BCUT2D eigenvalue weighted by Gasteiger charge is -2.36. The van der Waals surface area contributed by atoms with Crippen LogP contribution in [0.1, 0.15) is 34.7 Å². The number of amides is 3. The lowest BCUT2D eigenvalue weighted by atomic mass is 9.89. The zero-order valence-corrected chi connectivity index (χ0v) is 17.9. The van der Waals surface area contributed by atoms with Crippen molar-refractivity contribution in [3.8, 4) is 0 Å². The molecular weight excluding hydrogens is 395 g/mol. The van der Waals surface area contributed by atoms with E-state index in [2.05, 4.69) is 16.3 Å². The topological polar surface area (TPSA) is 55.9 Å². The lowest BCUT2D eigenvalue weighted by Crippen LogP contribution is -2.48. The van der Waals surface area contributed by atoms with Crippen LogP contribution in [0, 0.1) is 5.82 Å². The number of piperazine rings is 1. The fraction of sp³-hybridized carbons (Fsp3) is 0.417. The maximum absolute atomic E-state index is 13.2. The molecule has 2 aliphatic rings. The summed E-state index contributed by atoms with van der Waals surface area (Å²) in [5.74, 6) is 0.0440. The fourth-order valence-electron chi connectivity index (χ4n) is 4.52. The molecule has 0 aromatic heterocycles. The van der Waals surface area contributed by atoms with Crippen LogP contribution >= 0.6 is 0 Å². The zero-order chi connectivity index (χ0) is 21.8. The highest BCUT2D eigenvalue weighted by molar-refractivity contribution is 5.94. The second-order valence-electron chi connectivity index (χ2n) is 8.22. The van der Waals surface area contributed by atoms with E-state index in [1.807, 2.05) is 28.0 Å². The monoisotopic (exact) mass is 424 g/mol. The summed E-state index contributed by atoms with van der Waals surface area (Å²) in [5.41, 5.74) is 2.79. The Hall–Kier alpha value is -3.09. The van der Waals surface area contributed by atoms with Crippen molar-refractivity contribution < 1.29 is 14.0 Å². The minimum Gasteiger partial charge on any atom is -0.368 e. The highest BCUT2D eigenvalue weighted by atomic mass is 19.1. The number of hydrogen-bond donors (Lipinski definition) is 1.